The van der Waals surface area contributed by atoms with Gasteiger partial charge in [0.15, 0.2) is 0 Å². The summed E-state index contributed by atoms with van der Waals surface area (Å²) in [5.74, 6) is -1.35. The van der Waals surface area contributed by atoms with Gasteiger partial charge in [-0.25, -0.2) is 9.69 Å². The molecular formula is C20H18BrN3O3. The number of barbiturate groups is 1. The minimum absolute atomic E-state index is 0.0888. The highest BCUT2D eigenvalue weighted by molar-refractivity contribution is 9.10. The van der Waals surface area contributed by atoms with E-state index in [2.05, 4.69) is 33.1 Å². The van der Waals surface area contributed by atoms with Crippen LogP contribution in [0.2, 0.25) is 0 Å². The number of nitrogens with one attached hydrogen (secondary N) is 1. The summed E-state index contributed by atoms with van der Waals surface area (Å²) in [5, 5.41) is 2.22. The van der Waals surface area contributed by atoms with Crippen molar-refractivity contribution >= 4 is 51.2 Å². The van der Waals surface area contributed by atoms with E-state index in [0.29, 0.717) is 11.3 Å². The van der Waals surface area contributed by atoms with Crippen LogP contribution in [0.25, 0.3) is 6.08 Å². The lowest BCUT2D eigenvalue weighted by Crippen LogP contribution is -2.54. The lowest BCUT2D eigenvalue weighted by molar-refractivity contribution is -0.122. The summed E-state index contributed by atoms with van der Waals surface area (Å²) < 4.78 is 0.820. The van der Waals surface area contributed by atoms with Gasteiger partial charge in [0.25, 0.3) is 11.8 Å². The standard InChI is InChI=1S/C20H18BrN3O3/c1-3-23(2)15-8-4-13(5-9-15)12-17-18(25)22-20(27)24(19(17)26)16-10-6-14(21)7-11-16/h4-12H,3H2,1-2H3,(H,22,25,27). The maximum absolute atomic E-state index is 12.8. The van der Waals surface area contributed by atoms with E-state index in [0.717, 1.165) is 21.6 Å². The van der Waals surface area contributed by atoms with Gasteiger partial charge >= 0.3 is 6.03 Å². The number of hydrogen-bond donors (Lipinski definition) is 1. The lowest BCUT2D eigenvalue weighted by Gasteiger charge is -2.26. The molecule has 0 aliphatic carbocycles. The van der Waals surface area contributed by atoms with E-state index in [1.807, 2.05) is 31.3 Å². The highest BCUT2D eigenvalue weighted by Gasteiger charge is 2.36. The Hall–Kier alpha value is -2.93. The minimum atomic E-state index is -0.760. The number of nitrogens with zero attached hydrogens (tertiary/aromatic N) is 2. The molecule has 0 radical (unpaired) electrons. The number of rotatable bonds is 4. The first-order chi connectivity index (χ1) is 12.9. The Labute approximate surface area is 165 Å². The second-order valence-corrected chi connectivity index (χ2v) is 6.96. The zero-order valence-electron chi connectivity index (χ0n) is 14.9. The molecule has 0 saturated carbocycles. The third-order valence-electron chi connectivity index (χ3n) is 4.31. The van der Waals surface area contributed by atoms with E-state index in [-0.39, 0.29) is 5.57 Å². The first-order valence-corrected chi connectivity index (χ1v) is 9.18. The van der Waals surface area contributed by atoms with Crippen LogP contribution < -0.4 is 15.1 Å². The predicted octanol–water partition coefficient (Wildman–Crippen LogP) is 3.57. The molecule has 7 heteroatoms. The Morgan fingerprint density at radius 1 is 1.04 bits per heavy atom. The molecule has 2 aromatic carbocycles. The number of hydrogen-bond acceptors (Lipinski definition) is 4. The second-order valence-electron chi connectivity index (χ2n) is 6.04. The van der Waals surface area contributed by atoms with Crippen LogP contribution in [0.5, 0.6) is 0 Å². The molecule has 0 unspecified atom stereocenters. The van der Waals surface area contributed by atoms with E-state index in [1.54, 1.807) is 24.3 Å². The Morgan fingerprint density at radius 2 is 1.67 bits per heavy atom. The molecule has 0 spiro atoms. The first kappa shape index (κ1) is 18.8. The number of urea groups is 1. The molecule has 0 bridgehead atoms. The normalized spacial score (nSPS) is 15.9. The van der Waals surface area contributed by atoms with Gasteiger partial charge in [-0.05, 0) is 55.0 Å². The molecule has 3 rings (SSSR count). The molecule has 1 N–H and O–H groups in total. The third-order valence-corrected chi connectivity index (χ3v) is 4.83. The van der Waals surface area contributed by atoms with Crippen molar-refractivity contribution in [3.63, 3.8) is 0 Å². The molecule has 1 fully saturated rings. The molecule has 1 saturated heterocycles. The number of amides is 4. The molecule has 6 nitrogen and oxygen atoms in total. The van der Waals surface area contributed by atoms with Gasteiger partial charge in [0.1, 0.15) is 5.57 Å². The fourth-order valence-electron chi connectivity index (χ4n) is 2.66. The Kier molecular flexibility index (Phi) is 5.41. The highest BCUT2D eigenvalue weighted by atomic mass is 79.9. The zero-order valence-corrected chi connectivity index (χ0v) is 16.5. The monoisotopic (exact) mass is 427 g/mol. The van der Waals surface area contributed by atoms with Crippen LogP contribution in [-0.4, -0.2) is 31.4 Å². The third kappa shape index (κ3) is 3.93. The van der Waals surface area contributed by atoms with E-state index in [9.17, 15) is 14.4 Å². The minimum Gasteiger partial charge on any atom is -0.375 e. The van der Waals surface area contributed by atoms with Crippen LogP contribution in [-0.2, 0) is 9.59 Å². The maximum Gasteiger partial charge on any atom is 0.335 e. The van der Waals surface area contributed by atoms with Gasteiger partial charge in [0.2, 0.25) is 0 Å². The Bertz CT molecular complexity index is 920. The molecule has 2 aromatic rings. The van der Waals surface area contributed by atoms with Gasteiger partial charge in [-0.15, -0.1) is 0 Å². The van der Waals surface area contributed by atoms with Crippen LogP contribution in [0, 0.1) is 0 Å². The van der Waals surface area contributed by atoms with Crippen LogP contribution in [0.4, 0.5) is 16.2 Å². The van der Waals surface area contributed by atoms with Crippen molar-refractivity contribution in [1.29, 1.82) is 0 Å². The van der Waals surface area contributed by atoms with Crippen molar-refractivity contribution in [2.75, 3.05) is 23.4 Å². The van der Waals surface area contributed by atoms with Crippen molar-refractivity contribution < 1.29 is 14.4 Å². The predicted molar refractivity (Wildman–Crippen MR) is 109 cm³/mol. The summed E-state index contributed by atoms with van der Waals surface area (Å²) in [6, 6.07) is 13.4. The summed E-state index contributed by atoms with van der Waals surface area (Å²) in [6.45, 7) is 2.92. The van der Waals surface area contributed by atoms with Crippen molar-refractivity contribution in [3.8, 4) is 0 Å². The summed E-state index contributed by atoms with van der Waals surface area (Å²) in [5.41, 5.74) is 2.03. The fraction of sp³-hybridized carbons (Fsp3) is 0.150. The number of anilines is 2. The van der Waals surface area contributed by atoms with Crippen molar-refractivity contribution in [3.05, 3.63) is 64.1 Å². The maximum atomic E-state index is 12.8. The van der Waals surface area contributed by atoms with E-state index in [4.69, 9.17) is 0 Å². The number of benzene rings is 2. The van der Waals surface area contributed by atoms with Gasteiger partial charge in [-0.1, -0.05) is 28.1 Å². The average Bonchev–Trinajstić information content (AvgIpc) is 2.66. The van der Waals surface area contributed by atoms with Crippen LogP contribution in [0.3, 0.4) is 0 Å². The quantitative estimate of drug-likeness (QED) is 0.597. The largest absolute Gasteiger partial charge is 0.375 e. The van der Waals surface area contributed by atoms with Gasteiger partial charge in [0, 0.05) is 23.8 Å². The molecule has 0 aromatic heterocycles. The molecule has 4 amide bonds. The van der Waals surface area contributed by atoms with Crippen molar-refractivity contribution in [1.82, 2.24) is 5.32 Å². The molecular weight excluding hydrogens is 410 g/mol. The lowest BCUT2D eigenvalue weighted by atomic mass is 10.1. The molecule has 1 aliphatic heterocycles. The topological polar surface area (TPSA) is 69.7 Å². The number of halogens is 1. The molecule has 0 atom stereocenters. The van der Waals surface area contributed by atoms with E-state index in [1.165, 1.54) is 6.08 Å². The first-order valence-electron chi connectivity index (χ1n) is 8.39. The summed E-state index contributed by atoms with van der Waals surface area (Å²) in [4.78, 5) is 40.2. The smallest absolute Gasteiger partial charge is 0.335 e. The Balaban J connectivity index is 1.93. The molecule has 27 heavy (non-hydrogen) atoms. The van der Waals surface area contributed by atoms with Crippen molar-refractivity contribution in [2.24, 2.45) is 0 Å². The number of imide groups is 2. The number of carbonyl (C=O) groups is 3. The number of carbonyl (C=O) groups excluding carboxylic acids is 3. The zero-order chi connectivity index (χ0) is 19.6. The Morgan fingerprint density at radius 3 is 2.26 bits per heavy atom. The highest BCUT2D eigenvalue weighted by Crippen LogP contribution is 2.24. The fourth-order valence-corrected chi connectivity index (χ4v) is 2.92. The second kappa shape index (κ2) is 7.75. The molecule has 138 valence electrons. The van der Waals surface area contributed by atoms with E-state index < -0.39 is 17.8 Å². The van der Waals surface area contributed by atoms with Crippen molar-refractivity contribution in [2.45, 2.75) is 6.92 Å². The van der Waals surface area contributed by atoms with Crippen LogP contribution in [0.15, 0.2) is 58.6 Å². The van der Waals surface area contributed by atoms with E-state index >= 15 is 0 Å². The molecule has 1 aliphatic rings. The summed E-state index contributed by atoms with van der Waals surface area (Å²) in [7, 11) is 1.98. The van der Waals surface area contributed by atoms with Crippen LogP contribution >= 0.6 is 15.9 Å². The van der Waals surface area contributed by atoms with Gasteiger partial charge in [-0.2, -0.15) is 0 Å². The summed E-state index contributed by atoms with van der Waals surface area (Å²) in [6.07, 6.45) is 1.49. The average molecular weight is 428 g/mol. The van der Waals surface area contributed by atoms with Crippen LogP contribution in [0.1, 0.15) is 12.5 Å². The summed E-state index contributed by atoms with van der Waals surface area (Å²) >= 11 is 3.31. The SMILES string of the molecule is CCN(C)c1ccc(C=C2C(=O)NC(=O)N(c3ccc(Br)cc3)C2=O)cc1. The molecule has 1 heterocycles. The van der Waals surface area contributed by atoms with Gasteiger partial charge < -0.3 is 4.90 Å². The van der Waals surface area contributed by atoms with Gasteiger partial charge in [0.05, 0.1) is 5.69 Å². The van der Waals surface area contributed by atoms with Gasteiger partial charge in [-0.3, -0.25) is 14.9 Å².